The molecular formula is C8H12F3NO2S. The summed E-state index contributed by atoms with van der Waals surface area (Å²) in [5, 5.41) is 0. The van der Waals surface area contributed by atoms with Crippen LogP contribution in [0.15, 0.2) is 11.8 Å². The normalized spacial score (nSPS) is 26.7. The molecule has 2 unspecified atom stereocenters. The van der Waals surface area contributed by atoms with Gasteiger partial charge in [0.15, 0.2) is 0 Å². The Morgan fingerprint density at radius 1 is 1.60 bits per heavy atom. The van der Waals surface area contributed by atoms with Gasteiger partial charge in [-0.25, -0.2) is 4.78 Å². The van der Waals surface area contributed by atoms with Gasteiger partial charge < -0.3 is 4.18 Å². The first kappa shape index (κ1) is 12.4. The van der Waals surface area contributed by atoms with Crippen molar-refractivity contribution in [2.45, 2.75) is 31.7 Å². The lowest BCUT2D eigenvalue weighted by Gasteiger charge is -2.20. The second kappa shape index (κ2) is 4.03. The molecule has 0 saturated heterocycles. The molecule has 1 N–H and O–H groups in total. The number of halogens is 3. The van der Waals surface area contributed by atoms with Crippen LogP contribution in [0, 0.1) is 10.7 Å². The van der Waals surface area contributed by atoms with Crippen molar-refractivity contribution in [3.63, 3.8) is 0 Å². The van der Waals surface area contributed by atoms with Crippen molar-refractivity contribution in [3.05, 3.63) is 11.8 Å². The Labute approximate surface area is 86.5 Å². The fraction of sp³-hybridized carbons (Fsp3) is 0.750. The van der Waals surface area contributed by atoms with E-state index in [2.05, 4.69) is 4.18 Å². The number of alkyl halides is 3. The highest BCUT2D eigenvalue weighted by molar-refractivity contribution is 7.88. The van der Waals surface area contributed by atoms with E-state index in [1.807, 2.05) is 6.92 Å². The molecule has 2 atom stereocenters. The van der Waals surface area contributed by atoms with Crippen LogP contribution in [-0.2, 0) is 14.2 Å². The van der Waals surface area contributed by atoms with E-state index in [0.29, 0.717) is 25.2 Å². The monoisotopic (exact) mass is 243 g/mol. The van der Waals surface area contributed by atoms with Crippen LogP contribution < -0.4 is 0 Å². The van der Waals surface area contributed by atoms with E-state index in [1.165, 1.54) is 6.08 Å². The van der Waals surface area contributed by atoms with Crippen LogP contribution in [0.4, 0.5) is 13.2 Å². The summed E-state index contributed by atoms with van der Waals surface area (Å²) >= 11 is 0. The van der Waals surface area contributed by atoms with E-state index in [9.17, 15) is 17.4 Å². The Balaban J connectivity index is 2.72. The summed E-state index contributed by atoms with van der Waals surface area (Å²) < 4.78 is 57.8. The van der Waals surface area contributed by atoms with Crippen LogP contribution in [0.3, 0.4) is 0 Å². The maximum absolute atomic E-state index is 12.0. The summed E-state index contributed by atoms with van der Waals surface area (Å²) in [7, 11) is -4.98. The van der Waals surface area contributed by atoms with Gasteiger partial charge in [-0.1, -0.05) is 6.92 Å². The highest BCUT2D eigenvalue weighted by Crippen LogP contribution is 2.31. The van der Waals surface area contributed by atoms with Gasteiger partial charge >= 0.3 is 15.5 Å². The average molecular weight is 243 g/mol. The molecule has 1 rings (SSSR count). The second-order valence-electron chi connectivity index (χ2n) is 3.58. The van der Waals surface area contributed by atoms with Crippen molar-refractivity contribution in [1.29, 1.82) is 4.78 Å². The summed E-state index contributed by atoms with van der Waals surface area (Å²) in [5.41, 5.74) is -5.13. The summed E-state index contributed by atoms with van der Waals surface area (Å²) in [5.74, 6) is 0.412. The van der Waals surface area contributed by atoms with Gasteiger partial charge in [-0.15, -0.1) is 0 Å². The van der Waals surface area contributed by atoms with Crippen molar-refractivity contribution in [1.82, 2.24) is 0 Å². The second-order valence-corrected chi connectivity index (χ2v) is 5.22. The minimum absolute atomic E-state index is 0.0189. The molecule has 3 nitrogen and oxygen atoms in total. The molecule has 88 valence electrons. The van der Waals surface area contributed by atoms with Crippen molar-refractivity contribution < 1.29 is 21.6 Å². The zero-order chi connectivity index (χ0) is 11.7. The van der Waals surface area contributed by atoms with Crippen LogP contribution >= 0.6 is 0 Å². The Morgan fingerprint density at radius 2 is 2.20 bits per heavy atom. The maximum atomic E-state index is 12.0. The van der Waals surface area contributed by atoms with Crippen molar-refractivity contribution in [3.8, 4) is 0 Å². The van der Waals surface area contributed by atoms with Gasteiger partial charge in [0, 0.05) is 6.42 Å². The predicted molar refractivity (Wildman–Crippen MR) is 49.1 cm³/mol. The molecule has 0 radical (unpaired) electrons. The van der Waals surface area contributed by atoms with Crippen LogP contribution in [0.25, 0.3) is 0 Å². The number of hydrogen-bond donors (Lipinski definition) is 1. The fourth-order valence-corrected chi connectivity index (χ4v) is 1.76. The van der Waals surface area contributed by atoms with E-state index in [0.717, 1.165) is 0 Å². The largest absolute Gasteiger partial charge is 0.514 e. The average Bonchev–Trinajstić information content (AvgIpc) is 2.06. The van der Waals surface area contributed by atoms with Gasteiger partial charge in [-0.2, -0.15) is 17.4 Å². The molecule has 0 aromatic rings. The van der Waals surface area contributed by atoms with Gasteiger partial charge in [-0.05, 0) is 24.8 Å². The topological polar surface area (TPSA) is 50.1 Å². The van der Waals surface area contributed by atoms with Crippen LogP contribution in [0.1, 0.15) is 26.2 Å². The first-order valence-corrected chi connectivity index (χ1v) is 5.94. The number of rotatable bonds is 2. The quantitative estimate of drug-likeness (QED) is 0.809. The van der Waals surface area contributed by atoms with Crippen molar-refractivity contribution >= 4 is 10.0 Å². The van der Waals surface area contributed by atoms with Crippen LogP contribution in [0.2, 0.25) is 0 Å². The summed E-state index contributed by atoms with van der Waals surface area (Å²) in [6, 6.07) is 0. The van der Waals surface area contributed by atoms with Gasteiger partial charge in [-0.3, -0.25) is 0 Å². The lowest BCUT2D eigenvalue weighted by Crippen LogP contribution is -2.24. The zero-order valence-electron chi connectivity index (χ0n) is 8.13. The third-order valence-corrected chi connectivity index (χ3v) is 3.22. The summed E-state index contributed by atoms with van der Waals surface area (Å²) in [6.07, 6.45) is 3.09. The highest BCUT2D eigenvalue weighted by Gasteiger charge is 2.45. The fourth-order valence-electron chi connectivity index (χ4n) is 1.21. The van der Waals surface area contributed by atoms with E-state index in [1.54, 1.807) is 0 Å². The SMILES string of the molecule is CC1CC=C(OS(=N)(=O)C(F)(F)F)CC1. The first-order valence-electron chi connectivity index (χ1n) is 4.46. The van der Waals surface area contributed by atoms with Crippen LogP contribution in [-0.4, -0.2) is 9.72 Å². The van der Waals surface area contributed by atoms with Gasteiger partial charge in [0.05, 0.1) is 0 Å². The third kappa shape index (κ3) is 3.12. The molecule has 0 aliphatic heterocycles. The van der Waals surface area contributed by atoms with Crippen molar-refractivity contribution in [2.24, 2.45) is 5.92 Å². The zero-order valence-corrected chi connectivity index (χ0v) is 8.95. The maximum Gasteiger partial charge on any atom is 0.514 e. The minimum Gasteiger partial charge on any atom is -0.395 e. The van der Waals surface area contributed by atoms with E-state index in [-0.39, 0.29) is 5.76 Å². The summed E-state index contributed by atoms with van der Waals surface area (Å²) in [6.45, 7) is 1.97. The minimum atomic E-state index is -5.13. The Bertz CT molecular complexity index is 359. The lowest BCUT2D eigenvalue weighted by molar-refractivity contribution is -0.0486. The predicted octanol–water partition coefficient (Wildman–Crippen LogP) is 3.19. The number of hydrogen-bond acceptors (Lipinski definition) is 3. The number of nitrogens with one attached hydrogen (secondary N) is 1. The molecule has 7 heteroatoms. The molecule has 0 heterocycles. The molecule has 0 aromatic carbocycles. The smallest absolute Gasteiger partial charge is 0.395 e. The Hall–Kier alpha value is -0.720. The van der Waals surface area contributed by atoms with Gasteiger partial charge in [0.25, 0.3) is 0 Å². The van der Waals surface area contributed by atoms with E-state index in [4.69, 9.17) is 4.78 Å². The molecule has 0 bridgehead atoms. The molecular weight excluding hydrogens is 231 g/mol. The third-order valence-electron chi connectivity index (χ3n) is 2.16. The molecule has 0 fully saturated rings. The van der Waals surface area contributed by atoms with Gasteiger partial charge in [0.2, 0.25) is 0 Å². The molecule has 1 aliphatic carbocycles. The Morgan fingerprint density at radius 3 is 2.60 bits per heavy atom. The molecule has 1 aliphatic rings. The van der Waals surface area contributed by atoms with E-state index >= 15 is 0 Å². The van der Waals surface area contributed by atoms with E-state index < -0.39 is 15.5 Å². The molecule has 0 spiro atoms. The van der Waals surface area contributed by atoms with Crippen LogP contribution in [0.5, 0.6) is 0 Å². The molecule has 0 amide bonds. The lowest BCUT2D eigenvalue weighted by atomic mass is 9.95. The molecule has 0 aromatic heterocycles. The summed E-state index contributed by atoms with van der Waals surface area (Å²) in [4.78, 5) is 0. The Kier molecular flexibility index (Phi) is 3.32. The van der Waals surface area contributed by atoms with Crippen molar-refractivity contribution in [2.75, 3.05) is 0 Å². The number of allylic oxidation sites excluding steroid dienone is 2. The molecule has 15 heavy (non-hydrogen) atoms. The first-order chi connectivity index (χ1) is 6.72. The van der Waals surface area contributed by atoms with Gasteiger partial charge in [0.1, 0.15) is 5.76 Å². The highest BCUT2D eigenvalue weighted by atomic mass is 32.2. The standard InChI is InChI=1S/C8H12F3NO2S/c1-6-2-4-7(5-3-6)14-15(12,13)8(9,10)11/h4,6,12H,2-3,5H2,1H3. The molecule has 0 saturated carbocycles.